The van der Waals surface area contributed by atoms with E-state index in [2.05, 4.69) is 15.3 Å². The number of amides is 1. The van der Waals surface area contributed by atoms with Gasteiger partial charge in [0, 0.05) is 31.8 Å². The van der Waals surface area contributed by atoms with E-state index < -0.39 is 0 Å². The van der Waals surface area contributed by atoms with Crippen molar-refractivity contribution >= 4 is 22.8 Å². The molecule has 3 aromatic rings. The number of anilines is 1. The van der Waals surface area contributed by atoms with Crippen LogP contribution in [0.5, 0.6) is 11.5 Å². The fourth-order valence-electron chi connectivity index (χ4n) is 2.27. The summed E-state index contributed by atoms with van der Waals surface area (Å²) in [4.78, 5) is 20.0. The maximum Gasteiger partial charge on any atom is 0.225 e. The Labute approximate surface area is 134 Å². The Hall–Kier alpha value is -2.89. The zero-order chi connectivity index (χ0) is 16.4. The minimum atomic E-state index is -0.0833. The average Bonchev–Trinajstić information content (AvgIpc) is 2.82. The second-order valence-corrected chi connectivity index (χ2v) is 5.25. The normalized spacial score (nSPS) is 10.7. The van der Waals surface area contributed by atoms with Crippen LogP contribution >= 0.6 is 0 Å². The molecule has 0 aliphatic heterocycles. The topological polar surface area (TPSA) is 69.0 Å². The summed E-state index contributed by atoms with van der Waals surface area (Å²) in [5, 5.41) is 2.71. The number of carbonyl (C=O) groups is 1. The first-order valence-electron chi connectivity index (χ1n) is 7.43. The number of aromatic nitrogens is 3. The van der Waals surface area contributed by atoms with Crippen molar-refractivity contribution in [3.63, 3.8) is 0 Å². The third-order valence-corrected chi connectivity index (χ3v) is 3.63. The van der Waals surface area contributed by atoms with Gasteiger partial charge in [0.05, 0.1) is 11.0 Å². The van der Waals surface area contributed by atoms with Crippen molar-refractivity contribution in [2.75, 3.05) is 5.32 Å². The van der Waals surface area contributed by atoms with Gasteiger partial charge in [0.25, 0.3) is 0 Å². The van der Waals surface area contributed by atoms with Crippen LogP contribution in [0.4, 0.5) is 5.82 Å². The fourth-order valence-corrected chi connectivity index (χ4v) is 2.27. The van der Waals surface area contributed by atoms with Gasteiger partial charge in [0.1, 0.15) is 23.1 Å². The molecule has 2 heterocycles. The van der Waals surface area contributed by atoms with E-state index in [-0.39, 0.29) is 5.91 Å². The minimum absolute atomic E-state index is 0.0833. The molecule has 1 amide bonds. The van der Waals surface area contributed by atoms with Gasteiger partial charge in [0.2, 0.25) is 5.91 Å². The number of nitrogens with one attached hydrogen (secondary N) is 1. The second-order valence-electron chi connectivity index (χ2n) is 5.25. The maximum atomic E-state index is 11.4. The van der Waals surface area contributed by atoms with Crippen LogP contribution < -0.4 is 10.1 Å². The van der Waals surface area contributed by atoms with Crippen molar-refractivity contribution in [1.29, 1.82) is 0 Å². The van der Waals surface area contributed by atoms with E-state index in [9.17, 15) is 4.79 Å². The van der Waals surface area contributed by atoms with Crippen molar-refractivity contribution in [3.05, 3.63) is 42.4 Å². The monoisotopic (exact) mass is 310 g/mol. The molecule has 1 aromatic carbocycles. The Morgan fingerprint density at radius 3 is 2.83 bits per heavy atom. The second kappa shape index (κ2) is 6.08. The smallest absolute Gasteiger partial charge is 0.225 e. The van der Waals surface area contributed by atoms with Crippen molar-refractivity contribution < 1.29 is 9.53 Å². The summed E-state index contributed by atoms with van der Waals surface area (Å²) >= 11 is 0. The molecule has 6 nitrogen and oxygen atoms in total. The van der Waals surface area contributed by atoms with Crippen molar-refractivity contribution in [2.24, 2.45) is 7.05 Å². The molecule has 0 radical (unpaired) electrons. The van der Waals surface area contributed by atoms with Gasteiger partial charge in [-0.25, -0.2) is 9.97 Å². The first kappa shape index (κ1) is 15.0. The SMILES string of the molecule is CCC(=O)Nc1cc(Oc2ccc3c(c2)nc(C)n3C)ccn1. The van der Waals surface area contributed by atoms with Crippen LogP contribution in [0.1, 0.15) is 19.2 Å². The maximum absolute atomic E-state index is 11.4. The lowest BCUT2D eigenvalue weighted by atomic mass is 10.3. The van der Waals surface area contributed by atoms with E-state index in [1.54, 1.807) is 25.3 Å². The Balaban J connectivity index is 1.84. The number of carbonyl (C=O) groups excluding carboxylic acids is 1. The number of nitrogens with zero attached hydrogens (tertiary/aromatic N) is 3. The highest BCUT2D eigenvalue weighted by Crippen LogP contribution is 2.26. The first-order chi connectivity index (χ1) is 11.1. The van der Waals surface area contributed by atoms with Gasteiger partial charge < -0.3 is 14.6 Å². The molecule has 0 saturated carbocycles. The van der Waals surface area contributed by atoms with Gasteiger partial charge in [-0.05, 0) is 25.1 Å². The molecule has 0 bridgehead atoms. The van der Waals surface area contributed by atoms with Crippen LogP contribution in [0.2, 0.25) is 0 Å². The zero-order valence-corrected chi connectivity index (χ0v) is 13.3. The lowest BCUT2D eigenvalue weighted by Gasteiger charge is -2.08. The summed E-state index contributed by atoms with van der Waals surface area (Å²) in [6, 6.07) is 9.21. The van der Waals surface area contributed by atoms with Crippen LogP contribution in [0.3, 0.4) is 0 Å². The summed E-state index contributed by atoms with van der Waals surface area (Å²) in [5.74, 6) is 2.64. The molecule has 0 aliphatic carbocycles. The summed E-state index contributed by atoms with van der Waals surface area (Å²) in [5.41, 5.74) is 1.94. The summed E-state index contributed by atoms with van der Waals surface area (Å²) in [7, 11) is 1.98. The van der Waals surface area contributed by atoms with E-state index in [0.717, 1.165) is 16.9 Å². The molecule has 118 valence electrons. The predicted octanol–water partition coefficient (Wildman–Crippen LogP) is 3.42. The number of fused-ring (bicyclic) bond motifs is 1. The van der Waals surface area contributed by atoms with Crippen LogP contribution in [-0.2, 0) is 11.8 Å². The summed E-state index contributed by atoms with van der Waals surface area (Å²) in [6.45, 7) is 3.76. The van der Waals surface area contributed by atoms with Gasteiger partial charge in [-0.1, -0.05) is 6.92 Å². The average molecular weight is 310 g/mol. The standard InChI is InChI=1S/C17H18N4O2/c1-4-17(22)20-16-10-13(7-8-18-16)23-12-5-6-15-14(9-12)19-11(2)21(15)3/h5-10H,4H2,1-3H3,(H,18,20,22). The number of benzene rings is 1. The minimum Gasteiger partial charge on any atom is -0.457 e. The molecule has 0 spiro atoms. The third-order valence-electron chi connectivity index (χ3n) is 3.63. The molecule has 0 aliphatic rings. The molecule has 3 rings (SSSR count). The molecule has 6 heteroatoms. The van der Waals surface area contributed by atoms with Crippen molar-refractivity contribution in [3.8, 4) is 11.5 Å². The molecular weight excluding hydrogens is 292 g/mol. The number of hydrogen-bond donors (Lipinski definition) is 1. The van der Waals surface area contributed by atoms with E-state index >= 15 is 0 Å². The third kappa shape index (κ3) is 3.15. The van der Waals surface area contributed by atoms with E-state index in [0.29, 0.717) is 23.7 Å². The zero-order valence-electron chi connectivity index (χ0n) is 13.3. The number of hydrogen-bond acceptors (Lipinski definition) is 4. The Morgan fingerprint density at radius 1 is 1.26 bits per heavy atom. The Kier molecular flexibility index (Phi) is 3.97. The number of aryl methyl sites for hydroxylation is 2. The quantitative estimate of drug-likeness (QED) is 0.801. The Morgan fingerprint density at radius 2 is 2.04 bits per heavy atom. The van der Waals surface area contributed by atoms with Gasteiger partial charge in [-0.15, -0.1) is 0 Å². The van der Waals surface area contributed by atoms with Crippen molar-refractivity contribution in [2.45, 2.75) is 20.3 Å². The molecule has 0 saturated heterocycles. The summed E-state index contributed by atoms with van der Waals surface area (Å²) in [6.07, 6.45) is 2.01. The van der Waals surface area contributed by atoms with Crippen LogP contribution in [0.15, 0.2) is 36.5 Å². The molecule has 23 heavy (non-hydrogen) atoms. The fraction of sp³-hybridized carbons (Fsp3) is 0.235. The number of ether oxygens (including phenoxy) is 1. The number of rotatable bonds is 4. The Bertz CT molecular complexity index is 870. The summed E-state index contributed by atoms with van der Waals surface area (Å²) < 4.78 is 7.88. The molecule has 2 aromatic heterocycles. The van der Waals surface area contributed by atoms with E-state index in [1.165, 1.54) is 0 Å². The first-order valence-corrected chi connectivity index (χ1v) is 7.43. The molecule has 0 fully saturated rings. The predicted molar refractivity (Wildman–Crippen MR) is 88.7 cm³/mol. The largest absolute Gasteiger partial charge is 0.457 e. The molecule has 0 unspecified atom stereocenters. The van der Waals surface area contributed by atoms with Gasteiger partial charge in [-0.3, -0.25) is 4.79 Å². The van der Waals surface area contributed by atoms with Crippen LogP contribution in [-0.4, -0.2) is 20.4 Å². The highest BCUT2D eigenvalue weighted by atomic mass is 16.5. The number of imidazole rings is 1. The van der Waals surface area contributed by atoms with Crippen molar-refractivity contribution in [1.82, 2.24) is 14.5 Å². The highest BCUT2D eigenvalue weighted by molar-refractivity contribution is 5.89. The van der Waals surface area contributed by atoms with Crippen LogP contribution in [0.25, 0.3) is 11.0 Å². The van der Waals surface area contributed by atoms with E-state index in [4.69, 9.17) is 4.74 Å². The van der Waals surface area contributed by atoms with Gasteiger partial charge >= 0.3 is 0 Å². The molecule has 1 N–H and O–H groups in total. The van der Waals surface area contributed by atoms with Gasteiger partial charge in [0.15, 0.2) is 0 Å². The lowest BCUT2D eigenvalue weighted by molar-refractivity contribution is -0.115. The highest BCUT2D eigenvalue weighted by Gasteiger charge is 2.07. The number of pyridine rings is 1. The molecular formula is C17H18N4O2. The van der Waals surface area contributed by atoms with Crippen LogP contribution in [0, 0.1) is 6.92 Å². The van der Waals surface area contributed by atoms with E-state index in [1.807, 2.05) is 36.7 Å². The lowest BCUT2D eigenvalue weighted by Crippen LogP contribution is -2.10. The van der Waals surface area contributed by atoms with Gasteiger partial charge in [-0.2, -0.15) is 0 Å². The molecule has 0 atom stereocenters.